The van der Waals surface area contributed by atoms with Crippen LogP contribution < -0.4 is 14.8 Å². The van der Waals surface area contributed by atoms with E-state index in [1.54, 1.807) is 12.1 Å². The van der Waals surface area contributed by atoms with Crippen molar-refractivity contribution < 1.29 is 33.3 Å². The van der Waals surface area contributed by atoms with Crippen molar-refractivity contribution in [3.05, 3.63) is 77.4 Å². The summed E-state index contributed by atoms with van der Waals surface area (Å²) in [5, 5.41) is 32.6. The van der Waals surface area contributed by atoms with E-state index in [4.69, 9.17) is 4.74 Å². The molecule has 3 rings (SSSR count). The SMILES string of the molecule is CCc1cc(-c2ccc(OCCNCC(O)c3ccc(O)c(NS(C)(=O)=O)c3)cc2)ccc1C(=O)O. The van der Waals surface area contributed by atoms with E-state index in [1.807, 2.05) is 37.3 Å². The van der Waals surface area contributed by atoms with Crippen LogP contribution in [0, 0.1) is 0 Å². The van der Waals surface area contributed by atoms with Gasteiger partial charge in [-0.05, 0) is 59.0 Å². The van der Waals surface area contributed by atoms with E-state index in [9.17, 15) is 28.5 Å². The molecule has 1 atom stereocenters. The Morgan fingerprint density at radius 2 is 1.72 bits per heavy atom. The van der Waals surface area contributed by atoms with Gasteiger partial charge in [0.15, 0.2) is 0 Å². The van der Waals surface area contributed by atoms with E-state index in [0.29, 0.717) is 36.4 Å². The third-order valence-corrected chi connectivity index (χ3v) is 6.08. The van der Waals surface area contributed by atoms with Gasteiger partial charge in [-0.1, -0.05) is 37.3 Å². The zero-order valence-corrected chi connectivity index (χ0v) is 20.9. The largest absolute Gasteiger partial charge is 0.506 e. The van der Waals surface area contributed by atoms with Gasteiger partial charge >= 0.3 is 5.97 Å². The number of carbonyl (C=O) groups is 1. The highest BCUT2D eigenvalue weighted by Gasteiger charge is 2.13. The number of aromatic hydroxyl groups is 1. The van der Waals surface area contributed by atoms with E-state index < -0.39 is 22.1 Å². The fourth-order valence-electron chi connectivity index (χ4n) is 3.66. The molecule has 0 bridgehead atoms. The summed E-state index contributed by atoms with van der Waals surface area (Å²) in [5.74, 6) is -0.485. The predicted molar refractivity (Wildman–Crippen MR) is 138 cm³/mol. The number of benzene rings is 3. The lowest BCUT2D eigenvalue weighted by molar-refractivity contribution is 0.0695. The molecule has 0 amide bonds. The Kier molecular flexibility index (Phi) is 8.92. The zero-order chi connectivity index (χ0) is 26.3. The van der Waals surface area contributed by atoms with E-state index in [2.05, 4.69) is 10.0 Å². The van der Waals surface area contributed by atoms with Crippen molar-refractivity contribution >= 4 is 21.7 Å². The quantitative estimate of drug-likeness (QED) is 0.183. The molecule has 0 fully saturated rings. The highest BCUT2D eigenvalue weighted by Crippen LogP contribution is 2.28. The Bertz CT molecular complexity index is 1310. The number of nitrogens with one attached hydrogen (secondary N) is 2. The van der Waals surface area contributed by atoms with Crippen molar-refractivity contribution in [2.75, 3.05) is 30.7 Å². The van der Waals surface area contributed by atoms with Gasteiger partial charge in [0.2, 0.25) is 10.0 Å². The van der Waals surface area contributed by atoms with Crippen LogP contribution in [0.4, 0.5) is 5.69 Å². The molecule has 0 aliphatic rings. The molecule has 0 aliphatic heterocycles. The number of phenolic OH excluding ortho intramolecular Hbond substituents is 1. The van der Waals surface area contributed by atoms with Crippen LogP contribution in [-0.4, -0.2) is 55.7 Å². The first-order valence-corrected chi connectivity index (χ1v) is 13.3. The van der Waals surface area contributed by atoms with E-state index in [0.717, 1.165) is 22.9 Å². The molecule has 5 N–H and O–H groups in total. The van der Waals surface area contributed by atoms with Gasteiger partial charge in [0, 0.05) is 13.1 Å². The third kappa shape index (κ3) is 7.45. The lowest BCUT2D eigenvalue weighted by atomic mass is 9.98. The maximum atomic E-state index is 11.4. The van der Waals surface area contributed by atoms with Crippen LogP contribution in [0.3, 0.4) is 0 Å². The number of aliphatic hydroxyl groups is 1. The Morgan fingerprint density at radius 3 is 2.36 bits per heavy atom. The van der Waals surface area contributed by atoms with Gasteiger partial charge in [0.25, 0.3) is 0 Å². The van der Waals surface area contributed by atoms with Crippen molar-refractivity contribution in [1.29, 1.82) is 0 Å². The molecule has 0 aliphatic carbocycles. The number of anilines is 1. The molecule has 0 saturated heterocycles. The number of rotatable bonds is 12. The van der Waals surface area contributed by atoms with Crippen LogP contribution in [0.5, 0.6) is 11.5 Å². The third-order valence-electron chi connectivity index (χ3n) is 5.49. The number of carboxylic acid groups (broad SMARTS) is 1. The van der Waals surface area contributed by atoms with E-state index in [1.165, 1.54) is 18.2 Å². The fourth-order valence-corrected chi connectivity index (χ4v) is 4.22. The van der Waals surface area contributed by atoms with E-state index >= 15 is 0 Å². The zero-order valence-electron chi connectivity index (χ0n) is 20.1. The van der Waals surface area contributed by atoms with Crippen molar-refractivity contribution in [3.8, 4) is 22.6 Å². The first-order chi connectivity index (χ1) is 17.1. The van der Waals surface area contributed by atoms with Gasteiger partial charge in [-0.25, -0.2) is 13.2 Å². The van der Waals surface area contributed by atoms with Crippen molar-refractivity contribution in [1.82, 2.24) is 5.32 Å². The summed E-state index contributed by atoms with van der Waals surface area (Å²) >= 11 is 0. The van der Waals surface area contributed by atoms with Crippen molar-refractivity contribution in [2.24, 2.45) is 0 Å². The normalized spacial score (nSPS) is 12.2. The number of carboxylic acids is 1. The second-order valence-corrected chi connectivity index (χ2v) is 10.0. The predicted octanol–water partition coefficient (Wildman–Crippen LogP) is 3.39. The van der Waals surface area contributed by atoms with Crippen LogP contribution in [0.25, 0.3) is 11.1 Å². The van der Waals surface area contributed by atoms with Gasteiger partial charge in [0.1, 0.15) is 18.1 Å². The minimum absolute atomic E-state index is 0.00424. The molecule has 0 heterocycles. The van der Waals surface area contributed by atoms with Crippen LogP contribution in [-0.2, 0) is 16.4 Å². The molecule has 10 heteroatoms. The Balaban J connectivity index is 1.49. The summed E-state index contributed by atoms with van der Waals surface area (Å²) < 4.78 is 30.8. The van der Waals surface area contributed by atoms with Crippen LogP contribution in [0.1, 0.15) is 34.5 Å². The smallest absolute Gasteiger partial charge is 0.335 e. The lowest BCUT2D eigenvalue weighted by Crippen LogP contribution is -2.26. The summed E-state index contributed by atoms with van der Waals surface area (Å²) in [6.45, 7) is 2.95. The van der Waals surface area contributed by atoms with Crippen molar-refractivity contribution in [2.45, 2.75) is 19.4 Å². The number of aromatic carboxylic acids is 1. The van der Waals surface area contributed by atoms with Crippen LogP contribution in [0.2, 0.25) is 0 Å². The minimum Gasteiger partial charge on any atom is -0.506 e. The number of phenols is 1. The lowest BCUT2D eigenvalue weighted by Gasteiger charge is -2.15. The molecule has 0 aromatic heterocycles. The fraction of sp³-hybridized carbons (Fsp3) is 0.269. The highest BCUT2D eigenvalue weighted by atomic mass is 32.2. The first-order valence-electron chi connectivity index (χ1n) is 11.4. The maximum absolute atomic E-state index is 11.4. The molecule has 3 aromatic rings. The maximum Gasteiger partial charge on any atom is 0.335 e. The summed E-state index contributed by atoms with van der Waals surface area (Å²) in [5.41, 5.74) is 3.44. The molecule has 0 radical (unpaired) electrons. The summed E-state index contributed by atoms with van der Waals surface area (Å²) in [6.07, 6.45) is 0.695. The Hall–Kier alpha value is -3.60. The second kappa shape index (κ2) is 11.9. The van der Waals surface area contributed by atoms with Gasteiger partial charge in [0.05, 0.1) is 23.6 Å². The molecular weight excluding hydrogens is 484 g/mol. The number of sulfonamides is 1. The number of hydrogen-bond donors (Lipinski definition) is 5. The highest BCUT2D eigenvalue weighted by molar-refractivity contribution is 7.92. The number of aliphatic hydroxyl groups excluding tert-OH is 1. The molecule has 1 unspecified atom stereocenters. The summed E-state index contributed by atoms with van der Waals surface area (Å²) in [6, 6.07) is 17.0. The number of aryl methyl sites for hydroxylation is 1. The van der Waals surface area contributed by atoms with Gasteiger partial charge in [-0.3, -0.25) is 4.72 Å². The van der Waals surface area contributed by atoms with Gasteiger partial charge < -0.3 is 25.4 Å². The molecule has 36 heavy (non-hydrogen) atoms. The molecule has 0 saturated carbocycles. The average molecular weight is 515 g/mol. The van der Waals surface area contributed by atoms with E-state index in [-0.39, 0.29) is 18.0 Å². The molecule has 3 aromatic carbocycles. The van der Waals surface area contributed by atoms with Crippen LogP contribution >= 0.6 is 0 Å². The monoisotopic (exact) mass is 514 g/mol. The standard InChI is InChI=1S/C26H30N2O7S/c1-3-17-14-19(6-10-22(17)26(31)32)18-4-8-21(9-5-18)35-13-12-27-16-25(30)20-7-11-24(29)23(15-20)28-36(2,33)34/h4-11,14-15,25,27-30H,3,12-13,16H2,1-2H3,(H,31,32). The summed E-state index contributed by atoms with van der Waals surface area (Å²) in [4.78, 5) is 11.3. The van der Waals surface area contributed by atoms with Crippen molar-refractivity contribution in [3.63, 3.8) is 0 Å². The molecule has 0 spiro atoms. The first kappa shape index (κ1) is 27.0. The topological polar surface area (TPSA) is 145 Å². The molecular formula is C26H30N2O7S. The molecule has 9 nitrogen and oxygen atoms in total. The Morgan fingerprint density at radius 1 is 1.03 bits per heavy atom. The second-order valence-electron chi connectivity index (χ2n) is 8.27. The number of ether oxygens (including phenoxy) is 1. The Labute approximate surface area is 210 Å². The van der Waals surface area contributed by atoms with Gasteiger partial charge in [-0.15, -0.1) is 0 Å². The average Bonchev–Trinajstić information content (AvgIpc) is 2.84. The summed E-state index contributed by atoms with van der Waals surface area (Å²) in [7, 11) is -3.56. The molecule has 192 valence electrons. The van der Waals surface area contributed by atoms with Gasteiger partial charge in [-0.2, -0.15) is 0 Å². The number of hydrogen-bond acceptors (Lipinski definition) is 7. The minimum atomic E-state index is -3.56. The van der Waals surface area contributed by atoms with Crippen LogP contribution in [0.15, 0.2) is 60.7 Å².